The number of aryl methyl sites for hydroxylation is 1. The molecular formula is C20H21ClN2O4. The second kappa shape index (κ2) is 9.73. The van der Waals surface area contributed by atoms with Crippen molar-refractivity contribution in [1.82, 2.24) is 5.32 Å². The van der Waals surface area contributed by atoms with Crippen LogP contribution in [0.2, 0.25) is 5.02 Å². The molecule has 0 fully saturated rings. The van der Waals surface area contributed by atoms with Crippen molar-refractivity contribution in [2.45, 2.75) is 26.3 Å². The molecule has 2 aromatic rings. The highest BCUT2D eigenvalue weighted by molar-refractivity contribution is 6.30. The molecule has 0 saturated heterocycles. The lowest BCUT2D eigenvalue weighted by Crippen LogP contribution is -2.40. The summed E-state index contributed by atoms with van der Waals surface area (Å²) in [5.41, 5.74) is 2.15. The smallest absolute Gasteiger partial charge is 0.328 e. The SMILES string of the molecule is CCc1ccc(NC(=O)COC(=O)[C@H](C)NC(=O)c2ccc(Cl)cc2)cc1. The van der Waals surface area contributed by atoms with Gasteiger partial charge >= 0.3 is 5.97 Å². The number of carbonyl (C=O) groups excluding carboxylic acids is 3. The van der Waals surface area contributed by atoms with Crippen LogP contribution in [-0.4, -0.2) is 30.4 Å². The van der Waals surface area contributed by atoms with E-state index in [1.807, 2.05) is 19.1 Å². The van der Waals surface area contributed by atoms with Crippen LogP contribution >= 0.6 is 11.6 Å². The zero-order valence-corrected chi connectivity index (χ0v) is 15.9. The van der Waals surface area contributed by atoms with Crippen LogP contribution in [0.15, 0.2) is 48.5 Å². The van der Waals surface area contributed by atoms with Crippen LogP contribution in [-0.2, 0) is 20.7 Å². The number of hydrogen-bond donors (Lipinski definition) is 2. The predicted octanol–water partition coefficient (Wildman–Crippen LogP) is 3.20. The number of esters is 1. The molecule has 142 valence electrons. The highest BCUT2D eigenvalue weighted by atomic mass is 35.5. The van der Waals surface area contributed by atoms with Crippen LogP contribution in [0.3, 0.4) is 0 Å². The van der Waals surface area contributed by atoms with E-state index in [4.69, 9.17) is 16.3 Å². The van der Waals surface area contributed by atoms with E-state index < -0.39 is 30.4 Å². The number of ether oxygens (including phenoxy) is 1. The van der Waals surface area contributed by atoms with E-state index in [9.17, 15) is 14.4 Å². The van der Waals surface area contributed by atoms with Gasteiger partial charge in [0.15, 0.2) is 6.61 Å². The fourth-order valence-electron chi connectivity index (χ4n) is 2.22. The van der Waals surface area contributed by atoms with E-state index in [0.29, 0.717) is 16.3 Å². The summed E-state index contributed by atoms with van der Waals surface area (Å²) in [6, 6.07) is 12.8. The summed E-state index contributed by atoms with van der Waals surface area (Å²) < 4.78 is 4.95. The maximum atomic E-state index is 12.1. The van der Waals surface area contributed by atoms with Crippen molar-refractivity contribution >= 4 is 35.1 Å². The molecule has 0 spiro atoms. The molecule has 0 saturated carbocycles. The zero-order valence-electron chi connectivity index (χ0n) is 15.1. The van der Waals surface area contributed by atoms with Gasteiger partial charge in [-0.2, -0.15) is 0 Å². The van der Waals surface area contributed by atoms with Crippen molar-refractivity contribution in [3.63, 3.8) is 0 Å². The molecule has 2 N–H and O–H groups in total. The molecule has 0 aliphatic carbocycles. The first kappa shape index (κ1) is 20.5. The Kier molecular flexibility index (Phi) is 7.37. The first-order valence-electron chi connectivity index (χ1n) is 8.51. The largest absolute Gasteiger partial charge is 0.454 e. The van der Waals surface area contributed by atoms with Gasteiger partial charge in [-0.25, -0.2) is 4.79 Å². The Labute approximate surface area is 162 Å². The third-order valence-electron chi connectivity index (χ3n) is 3.80. The van der Waals surface area contributed by atoms with Gasteiger partial charge in [0.25, 0.3) is 11.8 Å². The maximum Gasteiger partial charge on any atom is 0.328 e. The fourth-order valence-corrected chi connectivity index (χ4v) is 2.35. The van der Waals surface area contributed by atoms with Crippen molar-refractivity contribution in [2.24, 2.45) is 0 Å². The minimum atomic E-state index is -0.898. The molecule has 2 amide bonds. The molecule has 0 radical (unpaired) electrons. The monoisotopic (exact) mass is 388 g/mol. The summed E-state index contributed by atoms with van der Waals surface area (Å²) >= 11 is 5.77. The van der Waals surface area contributed by atoms with E-state index in [-0.39, 0.29) is 0 Å². The normalized spacial score (nSPS) is 11.4. The highest BCUT2D eigenvalue weighted by Crippen LogP contribution is 2.10. The van der Waals surface area contributed by atoms with Crippen LogP contribution in [0.1, 0.15) is 29.8 Å². The highest BCUT2D eigenvalue weighted by Gasteiger charge is 2.19. The molecule has 0 aliphatic heterocycles. The van der Waals surface area contributed by atoms with E-state index >= 15 is 0 Å². The van der Waals surface area contributed by atoms with Gasteiger partial charge < -0.3 is 15.4 Å². The molecule has 0 aromatic heterocycles. The molecule has 0 bridgehead atoms. The summed E-state index contributed by atoms with van der Waals surface area (Å²) in [4.78, 5) is 35.9. The molecule has 1 atom stereocenters. The average Bonchev–Trinajstić information content (AvgIpc) is 2.67. The second-order valence-corrected chi connectivity index (χ2v) is 6.34. The second-order valence-electron chi connectivity index (χ2n) is 5.91. The number of halogens is 1. The van der Waals surface area contributed by atoms with Crippen molar-refractivity contribution in [2.75, 3.05) is 11.9 Å². The first-order chi connectivity index (χ1) is 12.9. The number of anilines is 1. The molecule has 2 aromatic carbocycles. The molecule has 27 heavy (non-hydrogen) atoms. The Morgan fingerprint density at radius 2 is 1.67 bits per heavy atom. The van der Waals surface area contributed by atoms with Crippen molar-refractivity contribution < 1.29 is 19.1 Å². The number of amides is 2. The van der Waals surface area contributed by atoms with Crippen molar-refractivity contribution in [3.8, 4) is 0 Å². The average molecular weight is 389 g/mol. The number of carbonyl (C=O) groups is 3. The minimum Gasteiger partial charge on any atom is -0.454 e. The maximum absolute atomic E-state index is 12.1. The molecule has 6 nitrogen and oxygen atoms in total. The number of hydrogen-bond acceptors (Lipinski definition) is 4. The van der Waals surface area contributed by atoms with Gasteiger partial charge in [0.2, 0.25) is 0 Å². The van der Waals surface area contributed by atoms with Gasteiger partial charge in [-0.1, -0.05) is 30.7 Å². The van der Waals surface area contributed by atoms with Gasteiger partial charge in [-0.3, -0.25) is 9.59 Å². The minimum absolute atomic E-state index is 0.368. The predicted molar refractivity (Wildman–Crippen MR) is 104 cm³/mol. The lowest BCUT2D eigenvalue weighted by molar-refractivity contribution is -0.148. The van der Waals surface area contributed by atoms with Crippen LogP contribution in [0, 0.1) is 0 Å². The topological polar surface area (TPSA) is 84.5 Å². The number of nitrogens with one attached hydrogen (secondary N) is 2. The van der Waals surface area contributed by atoms with Crippen molar-refractivity contribution in [3.05, 3.63) is 64.7 Å². The van der Waals surface area contributed by atoms with E-state index in [1.165, 1.54) is 6.92 Å². The summed E-state index contributed by atoms with van der Waals surface area (Å²) in [6.07, 6.45) is 0.908. The van der Waals surface area contributed by atoms with Gasteiger partial charge in [0.05, 0.1) is 0 Å². The van der Waals surface area contributed by atoms with Crippen LogP contribution in [0.4, 0.5) is 5.69 Å². The van der Waals surface area contributed by atoms with Gasteiger partial charge in [-0.15, -0.1) is 0 Å². The summed E-state index contributed by atoms with van der Waals surface area (Å²) in [7, 11) is 0. The molecule has 7 heteroatoms. The van der Waals surface area contributed by atoms with Crippen LogP contribution < -0.4 is 10.6 Å². The summed E-state index contributed by atoms with van der Waals surface area (Å²) in [5.74, 6) is -1.59. The summed E-state index contributed by atoms with van der Waals surface area (Å²) in [5, 5.41) is 5.67. The Hall–Kier alpha value is -2.86. The van der Waals surface area contributed by atoms with Gasteiger partial charge in [0, 0.05) is 16.3 Å². The van der Waals surface area contributed by atoms with E-state index in [0.717, 1.165) is 12.0 Å². The van der Waals surface area contributed by atoms with Gasteiger partial charge in [-0.05, 0) is 55.3 Å². The standard InChI is InChI=1S/C20H21ClN2O4/c1-3-14-4-10-17(11-5-14)23-18(24)12-27-20(26)13(2)22-19(25)15-6-8-16(21)9-7-15/h4-11,13H,3,12H2,1-2H3,(H,22,25)(H,23,24)/t13-/m0/s1. The third kappa shape index (κ3) is 6.42. The Morgan fingerprint density at radius 3 is 2.26 bits per heavy atom. The number of rotatable bonds is 7. The zero-order chi connectivity index (χ0) is 19.8. The molecule has 0 aliphatic rings. The van der Waals surface area contributed by atoms with E-state index in [1.54, 1.807) is 36.4 Å². The fraction of sp³-hybridized carbons (Fsp3) is 0.250. The van der Waals surface area contributed by atoms with Gasteiger partial charge in [0.1, 0.15) is 6.04 Å². The Bertz CT molecular complexity index is 804. The molecular weight excluding hydrogens is 368 g/mol. The number of benzene rings is 2. The van der Waals surface area contributed by atoms with Crippen LogP contribution in [0.25, 0.3) is 0 Å². The Balaban J connectivity index is 1.78. The quantitative estimate of drug-likeness (QED) is 0.713. The molecule has 0 heterocycles. The lowest BCUT2D eigenvalue weighted by Gasteiger charge is -2.13. The van der Waals surface area contributed by atoms with Crippen molar-refractivity contribution in [1.29, 1.82) is 0 Å². The molecule has 0 unspecified atom stereocenters. The Morgan fingerprint density at radius 1 is 1.04 bits per heavy atom. The first-order valence-corrected chi connectivity index (χ1v) is 8.88. The lowest BCUT2D eigenvalue weighted by atomic mass is 10.1. The molecule has 2 rings (SSSR count). The van der Waals surface area contributed by atoms with E-state index in [2.05, 4.69) is 10.6 Å². The summed E-state index contributed by atoms with van der Waals surface area (Å²) in [6.45, 7) is 3.09. The third-order valence-corrected chi connectivity index (χ3v) is 4.05. The van der Waals surface area contributed by atoms with Crippen LogP contribution in [0.5, 0.6) is 0 Å².